The Bertz CT molecular complexity index is 831. The Hall–Kier alpha value is -1.65. The van der Waals surface area contributed by atoms with Crippen LogP contribution in [0.15, 0.2) is 48.6 Å². The molecule has 0 rings (SSSR count). The van der Waals surface area contributed by atoms with Gasteiger partial charge in [0.05, 0.1) is 18.8 Å². The number of aliphatic hydroxyl groups is 2. The lowest BCUT2D eigenvalue weighted by Gasteiger charge is -2.19. The van der Waals surface area contributed by atoms with Crippen molar-refractivity contribution in [1.29, 1.82) is 0 Å². The molecule has 2 atom stereocenters. The molecule has 0 saturated heterocycles. The highest BCUT2D eigenvalue weighted by molar-refractivity contribution is 5.76. The Kier molecular flexibility index (Phi) is 42.4. The van der Waals surface area contributed by atoms with Gasteiger partial charge in [-0.05, 0) is 70.6 Å². The lowest BCUT2D eigenvalue weighted by atomic mass is 10.0. The standard InChI is InChI=1S/C48H89NO3/c1-3-5-7-9-11-13-15-17-19-21-23-24-26-27-29-31-33-35-37-39-41-43-47(51)46(45-50)49-48(52)44-42-40-38-36-34-32-30-28-25-22-20-18-16-14-12-10-8-6-4-2/h18,20,26-27,33,35,41,43,46-47,50-51H,3-17,19,21-25,28-32,34,36-40,42,44-45H2,1-2H3,(H,49,52)/b20-18-,27-26+,35-33+,43-41+. The zero-order valence-corrected chi connectivity index (χ0v) is 34.8. The number of carbonyl (C=O) groups is 1. The van der Waals surface area contributed by atoms with Gasteiger partial charge in [0.25, 0.3) is 0 Å². The molecular formula is C48H89NO3. The summed E-state index contributed by atoms with van der Waals surface area (Å²) >= 11 is 0. The van der Waals surface area contributed by atoms with Crippen LogP contribution in [0.1, 0.15) is 232 Å². The zero-order valence-electron chi connectivity index (χ0n) is 34.8. The summed E-state index contributed by atoms with van der Waals surface area (Å²) in [5.74, 6) is -0.0803. The molecule has 0 aromatic heterocycles. The molecule has 0 aromatic rings. The third-order valence-corrected chi connectivity index (χ3v) is 10.3. The smallest absolute Gasteiger partial charge is 0.220 e. The zero-order chi connectivity index (χ0) is 37.8. The molecule has 1 amide bonds. The van der Waals surface area contributed by atoms with Crippen molar-refractivity contribution >= 4 is 5.91 Å². The molecule has 0 saturated carbocycles. The van der Waals surface area contributed by atoms with Crippen molar-refractivity contribution in [3.63, 3.8) is 0 Å². The van der Waals surface area contributed by atoms with E-state index in [-0.39, 0.29) is 12.5 Å². The maximum Gasteiger partial charge on any atom is 0.220 e. The van der Waals surface area contributed by atoms with Crippen molar-refractivity contribution < 1.29 is 15.0 Å². The summed E-state index contributed by atoms with van der Waals surface area (Å²) in [6.07, 6.45) is 59.4. The van der Waals surface area contributed by atoms with E-state index >= 15 is 0 Å². The highest BCUT2D eigenvalue weighted by Gasteiger charge is 2.17. The van der Waals surface area contributed by atoms with Crippen LogP contribution in [-0.2, 0) is 4.79 Å². The van der Waals surface area contributed by atoms with Crippen LogP contribution in [0.2, 0.25) is 0 Å². The van der Waals surface area contributed by atoms with Gasteiger partial charge in [-0.3, -0.25) is 4.79 Å². The van der Waals surface area contributed by atoms with E-state index in [1.165, 1.54) is 173 Å². The van der Waals surface area contributed by atoms with E-state index in [1.807, 2.05) is 6.08 Å². The third-order valence-electron chi connectivity index (χ3n) is 10.3. The minimum absolute atomic E-state index is 0.0803. The van der Waals surface area contributed by atoms with Crippen LogP contribution in [0.4, 0.5) is 0 Å². The first-order valence-electron chi connectivity index (χ1n) is 22.9. The Labute approximate surface area is 324 Å². The SMILES string of the molecule is CCCCCCCC/C=C\CCCCCCCCCCCC(=O)NC(CO)C(O)/C=C/CC/C=C/CC/C=C/CCCCCCCCCCCCC. The Morgan fingerprint density at radius 3 is 1.12 bits per heavy atom. The third kappa shape index (κ3) is 39.6. The van der Waals surface area contributed by atoms with Gasteiger partial charge in [-0.1, -0.05) is 204 Å². The fourth-order valence-corrected chi connectivity index (χ4v) is 6.73. The molecule has 4 heteroatoms. The summed E-state index contributed by atoms with van der Waals surface area (Å²) in [7, 11) is 0. The molecule has 0 aliphatic carbocycles. The number of allylic oxidation sites excluding steroid dienone is 7. The van der Waals surface area contributed by atoms with Gasteiger partial charge in [-0.15, -0.1) is 0 Å². The van der Waals surface area contributed by atoms with E-state index in [0.29, 0.717) is 6.42 Å². The summed E-state index contributed by atoms with van der Waals surface area (Å²) in [5, 5.41) is 23.0. The molecule has 0 aromatic carbocycles. The second-order valence-electron chi connectivity index (χ2n) is 15.4. The van der Waals surface area contributed by atoms with E-state index in [4.69, 9.17) is 0 Å². The maximum absolute atomic E-state index is 12.4. The number of carbonyl (C=O) groups excluding carboxylic acids is 1. The molecule has 2 unspecified atom stereocenters. The molecule has 0 heterocycles. The summed E-state index contributed by atoms with van der Waals surface area (Å²) in [4.78, 5) is 12.4. The van der Waals surface area contributed by atoms with Crippen LogP contribution >= 0.6 is 0 Å². The second-order valence-corrected chi connectivity index (χ2v) is 15.4. The largest absolute Gasteiger partial charge is 0.394 e. The predicted octanol–water partition coefficient (Wildman–Crippen LogP) is 14.4. The van der Waals surface area contributed by atoms with Crippen LogP contribution < -0.4 is 5.32 Å². The number of rotatable bonds is 41. The quantitative estimate of drug-likeness (QED) is 0.0434. The summed E-state index contributed by atoms with van der Waals surface area (Å²) in [6, 6.07) is -0.646. The van der Waals surface area contributed by atoms with Crippen LogP contribution in [0, 0.1) is 0 Å². The van der Waals surface area contributed by atoms with Gasteiger partial charge in [0.15, 0.2) is 0 Å². The lowest BCUT2D eigenvalue weighted by Crippen LogP contribution is -2.45. The number of amides is 1. The van der Waals surface area contributed by atoms with Crippen LogP contribution in [0.3, 0.4) is 0 Å². The van der Waals surface area contributed by atoms with Gasteiger partial charge in [0, 0.05) is 6.42 Å². The molecule has 52 heavy (non-hydrogen) atoms. The number of nitrogens with one attached hydrogen (secondary N) is 1. The molecule has 4 nitrogen and oxygen atoms in total. The van der Waals surface area contributed by atoms with Crippen molar-refractivity contribution in [1.82, 2.24) is 5.32 Å². The summed E-state index contributed by atoms with van der Waals surface area (Å²) in [6.45, 7) is 4.29. The molecule has 0 spiro atoms. The maximum atomic E-state index is 12.4. The Morgan fingerprint density at radius 2 is 0.750 bits per heavy atom. The fourth-order valence-electron chi connectivity index (χ4n) is 6.73. The Morgan fingerprint density at radius 1 is 0.442 bits per heavy atom. The van der Waals surface area contributed by atoms with E-state index in [2.05, 4.69) is 55.6 Å². The topological polar surface area (TPSA) is 69.6 Å². The van der Waals surface area contributed by atoms with Crippen molar-refractivity contribution in [2.75, 3.05) is 6.61 Å². The van der Waals surface area contributed by atoms with E-state index < -0.39 is 12.1 Å². The normalized spacial score (nSPS) is 13.4. The number of hydrogen-bond acceptors (Lipinski definition) is 3. The van der Waals surface area contributed by atoms with E-state index in [9.17, 15) is 15.0 Å². The average molecular weight is 728 g/mol. The number of unbranched alkanes of at least 4 members (excludes halogenated alkanes) is 28. The molecule has 304 valence electrons. The van der Waals surface area contributed by atoms with Crippen LogP contribution in [0.5, 0.6) is 0 Å². The monoisotopic (exact) mass is 728 g/mol. The van der Waals surface area contributed by atoms with E-state index in [0.717, 1.165) is 38.5 Å². The van der Waals surface area contributed by atoms with Crippen LogP contribution in [-0.4, -0.2) is 34.9 Å². The second kappa shape index (κ2) is 43.8. The average Bonchev–Trinajstić information content (AvgIpc) is 3.15. The van der Waals surface area contributed by atoms with Gasteiger partial charge in [-0.25, -0.2) is 0 Å². The van der Waals surface area contributed by atoms with Gasteiger partial charge < -0.3 is 15.5 Å². The molecule has 0 bridgehead atoms. The number of aliphatic hydroxyl groups excluding tert-OH is 2. The predicted molar refractivity (Wildman–Crippen MR) is 230 cm³/mol. The van der Waals surface area contributed by atoms with Crippen molar-refractivity contribution in [2.24, 2.45) is 0 Å². The van der Waals surface area contributed by atoms with E-state index in [1.54, 1.807) is 6.08 Å². The first kappa shape index (κ1) is 50.4. The molecule has 0 aliphatic rings. The van der Waals surface area contributed by atoms with Gasteiger partial charge >= 0.3 is 0 Å². The van der Waals surface area contributed by atoms with Crippen molar-refractivity contribution in [3.05, 3.63) is 48.6 Å². The van der Waals surface area contributed by atoms with Crippen molar-refractivity contribution in [3.8, 4) is 0 Å². The lowest BCUT2D eigenvalue weighted by molar-refractivity contribution is -0.123. The first-order chi connectivity index (χ1) is 25.7. The molecule has 0 aliphatic heterocycles. The molecule has 0 fully saturated rings. The summed E-state index contributed by atoms with van der Waals surface area (Å²) < 4.78 is 0. The highest BCUT2D eigenvalue weighted by Crippen LogP contribution is 2.14. The molecule has 0 radical (unpaired) electrons. The van der Waals surface area contributed by atoms with Crippen molar-refractivity contribution in [2.45, 2.75) is 244 Å². The van der Waals surface area contributed by atoms with Crippen LogP contribution in [0.25, 0.3) is 0 Å². The highest BCUT2D eigenvalue weighted by atomic mass is 16.3. The molecular weight excluding hydrogens is 639 g/mol. The minimum atomic E-state index is -0.871. The fraction of sp³-hybridized carbons (Fsp3) is 0.812. The van der Waals surface area contributed by atoms with Gasteiger partial charge in [0.2, 0.25) is 5.91 Å². The first-order valence-corrected chi connectivity index (χ1v) is 22.9. The Balaban J connectivity index is 3.64. The minimum Gasteiger partial charge on any atom is -0.394 e. The number of hydrogen-bond donors (Lipinski definition) is 3. The van der Waals surface area contributed by atoms with Gasteiger partial charge in [0.1, 0.15) is 0 Å². The molecule has 3 N–H and O–H groups in total. The van der Waals surface area contributed by atoms with Gasteiger partial charge in [-0.2, -0.15) is 0 Å². The summed E-state index contributed by atoms with van der Waals surface area (Å²) in [5.41, 5.74) is 0.